The van der Waals surface area contributed by atoms with Gasteiger partial charge >= 0.3 is 0 Å². The maximum Gasteiger partial charge on any atom is 0.269 e. The number of rotatable bonds is 5. The number of nitrogens with zero attached hydrogens (tertiary/aromatic N) is 2. The third-order valence-corrected chi connectivity index (χ3v) is 6.33. The Morgan fingerprint density at radius 1 is 1.03 bits per heavy atom. The van der Waals surface area contributed by atoms with Gasteiger partial charge in [0.15, 0.2) is 5.65 Å². The lowest BCUT2D eigenvalue weighted by atomic mass is 10.0. The smallest absolute Gasteiger partial charge is 0.269 e. The van der Waals surface area contributed by atoms with E-state index in [9.17, 15) is 13.2 Å². The lowest BCUT2D eigenvalue weighted by Crippen LogP contribution is -2.12. The van der Waals surface area contributed by atoms with E-state index in [-0.39, 0.29) is 17.1 Å². The molecule has 2 aromatic heterocycles. The van der Waals surface area contributed by atoms with Gasteiger partial charge in [-0.3, -0.25) is 4.79 Å². The van der Waals surface area contributed by atoms with Crippen LogP contribution < -0.4 is 11.5 Å². The average molecular weight is 406 g/mol. The SMILES string of the molecule is NCc1cnc2c(c1)c(-c1cccc(C(N)=O)c1)cn2S(=O)(=O)c1ccccc1. The fourth-order valence-corrected chi connectivity index (χ4v) is 4.54. The zero-order chi connectivity index (χ0) is 20.6. The van der Waals surface area contributed by atoms with Gasteiger partial charge in [0.05, 0.1) is 4.90 Å². The molecule has 0 aliphatic rings. The highest BCUT2D eigenvalue weighted by molar-refractivity contribution is 7.90. The van der Waals surface area contributed by atoms with Crippen LogP contribution in [0.1, 0.15) is 15.9 Å². The van der Waals surface area contributed by atoms with Crippen molar-refractivity contribution in [3.8, 4) is 11.1 Å². The lowest BCUT2D eigenvalue weighted by Gasteiger charge is -2.06. The number of pyridine rings is 1. The van der Waals surface area contributed by atoms with Crippen LogP contribution in [0.15, 0.2) is 78.0 Å². The number of benzene rings is 2. The van der Waals surface area contributed by atoms with E-state index >= 15 is 0 Å². The van der Waals surface area contributed by atoms with Gasteiger partial charge < -0.3 is 11.5 Å². The molecule has 2 aromatic carbocycles. The summed E-state index contributed by atoms with van der Waals surface area (Å²) in [6.07, 6.45) is 3.07. The number of amides is 1. The second kappa shape index (κ2) is 7.16. The Balaban J connectivity index is 2.01. The minimum absolute atomic E-state index is 0.152. The molecule has 7 nitrogen and oxygen atoms in total. The number of hydrogen-bond donors (Lipinski definition) is 2. The fraction of sp³-hybridized carbons (Fsp3) is 0.0476. The van der Waals surface area contributed by atoms with Gasteiger partial charge in [-0.15, -0.1) is 0 Å². The summed E-state index contributed by atoms with van der Waals surface area (Å²) in [7, 11) is -3.87. The highest BCUT2D eigenvalue weighted by Crippen LogP contribution is 2.33. The molecule has 4 aromatic rings. The molecular formula is C21H18N4O3S. The molecule has 29 heavy (non-hydrogen) atoms. The number of nitrogens with two attached hydrogens (primary N) is 2. The van der Waals surface area contributed by atoms with Crippen LogP contribution >= 0.6 is 0 Å². The molecule has 0 aliphatic carbocycles. The van der Waals surface area contributed by atoms with Gasteiger partial charge in [-0.1, -0.05) is 30.3 Å². The van der Waals surface area contributed by atoms with E-state index < -0.39 is 15.9 Å². The summed E-state index contributed by atoms with van der Waals surface area (Å²) in [4.78, 5) is 16.1. The molecule has 0 fully saturated rings. The first-order chi connectivity index (χ1) is 13.9. The van der Waals surface area contributed by atoms with Gasteiger partial charge in [0.25, 0.3) is 10.0 Å². The van der Waals surface area contributed by atoms with E-state index in [0.717, 1.165) is 9.54 Å². The van der Waals surface area contributed by atoms with Crippen molar-refractivity contribution >= 4 is 27.0 Å². The van der Waals surface area contributed by atoms with E-state index in [1.165, 1.54) is 18.3 Å². The molecule has 0 aliphatic heterocycles. The summed E-state index contributed by atoms with van der Waals surface area (Å²) >= 11 is 0. The standard InChI is InChI=1S/C21H18N4O3S/c22-11-14-9-18-19(15-5-4-6-16(10-15)20(23)26)13-25(21(18)24-12-14)29(27,28)17-7-2-1-3-8-17/h1-10,12-13H,11,22H2,(H2,23,26). The van der Waals surface area contributed by atoms with Gasteiger partial charge in [0, 0.05) is 35.5 Å². The number of carbonyl (C=O) groups is 1. The second-order valence-electron chi connectivity index (χ2n) is 6.52. The van der Waals surface area contributed by atoms with Crippen LogP contribution in [0.5, 0.6) is 0 Å². The average Bonchev–Trinajstić information content (AvgIpc) is 3.14. The summed E-state index contributed by atoms with van der Waals surface area (Å²) in [6, 6.07) is 16.7. The van der Waals surface area contributed by atoms with Crippen LogP contribution in [-0.2, 0) is 16.6 Å². The van der Waals surface area contributed by atoms with Crippen LogP contribution in [-0.4, -0.2) is 23.3 Å². The Bertz CT molecular complexity index is 1330. The van der Waals surface area contributed by atoms with Crippen molar-refractivity contribution in [3.63, 3.8) is 0 Å². The molecule has 4 N–H and O–H groups in total. The Hall–Kier alpha value is -3.49. The van der Waals surface area contributed by atoms with E-state index in [1.807, 2.05) is 6.07 Å². The number of fused-ring (bicyclic) bond motifs is 1. The Morgan fingerprint density at radius 3 is 2.48 bits per heavy atom. The van der Waals surface area contributed by atoms with Gasteiger partial charge in [-0.05, 0) is 41.5 Å². The maximum absolute atomic E-state index is 13.2. The van der Waals surface area contributed by atoms with Crippen molar-refractivity contribution in [1.29, 1.82) is 0 Å². The number of aromatic nitrogens is 2. The number of primary amides is 1. The predicted octanol–water partition coefficient (Wildman–Crippen LogP) is 2.50. The molecule has 2 heterocycles. The molecule has 0 radical (unpaired) electrons. The van der Waals surface area contributed by atoms with Gasteiger partial charge in [0.2, 0.25) is 5.91 Å². The van der Waals surface area contributed by atoms with Gasteiger partial charge in [0.1, 0.15) is 0 Å². The normalized spacial score (nSPS) is 11.6. The molecule has 8 heteroatoms. The molecule has 146 valence electrons. The van der Waals surface area contributed by atoms with E-state index in [2.05, 4.69) is 4.98 Å². The summed E-state index contributed by atoms with van der Waals surface area (Å²) in [5.74, 6) is -0.562. The third kappa shape index (κ3) is 3.28. The highest BCUT2D eigenvalue weighted by Gasteiger charge is 2.23. The Morgan fingerprint density at radius 2 is 1.79 bits per heavy atom. The monoisotopic (exact) mass is 406 g/mol. The largest absolute Gasteiger partial charge is 0.366 e. The van der Waals surface area contributed by atoms with Crippen LogP contribution in [0.4, 0.5) is 0 Å². The fourth-order valence-electron chi connectivity index (χ4n) is 3.19. The topological polar surface area (TPSA) is 121 Å². The Labute approximate surface area is 167 Å². The van der Waals surface area contributed by atoms with Crippen LogP contribution in [0, 0.1) is 0 Å². The summed E-state index contributed by atoms with van der Waals surface area (Å²) in [5, 5.41) is 0.620. The molecule has 0 bridgehead atoms. The quantitative estimate of drug-likeness (QED) is 0.527. The van der Waals surface area contributed by atoms with Crippen molar-refractivity contribution in [1.82, 2.24) is 8.96 Å². The van der Waals surface area contributed by atoms with E-state index in [0.29, 0.717) is 22.1 Å². The third-order valence-electron chi connectivity index (χ3n) is 4.66. The number of carbonyl (C=O) groups excluding carboxylic acids is 1. The lowest BCUT2D eigenvalue weighted by molar-refractivity contribution is 0.100. The first-order valence-electron chi connectivity index (χ1n) is 8.82. The molecule has 4 rings (SSSR count). The Kier molecular flexibility index (Phi) is 4.65. The van der Waals surface area contributed by atoms with Crippen molar-refractivity contribution in [2.45, 2.75) is 11.4 Å². The van der Waals surface area contributed by atoms with Crippen molar-refractivity contribution in [2.75, 3.05) is 0 Å². The van der Waals surface area contributed by atoms with Crippen molar-refractivity contribution in [3.05, 3.63) is 84.2 Å². The number of hydrogen-bond acceptors (Lipinski definition) is 5. The molecule has 0 atom stereocenters. The molecule has 0 saturated carbocycles. The van der Waals surface area contributed by atoms with Gasteiger partial charge in [-0.2, -0.15) is 0 Å². The second-order valence-corrected chi connectivity index (χ2v) is 8.34. The van der Waals surface area contributed by atoms with Crippen LogP contribution in [0.2, 0.25) is 0 Å². The molecular weight excluding hydrogens is 388 g/mol. The highest BCUT2D eigenvalue weighted by atomic mass is 32.2. The molecule has 0 spiro atoms. The van der Waals surface area contributed by atoms with Crippen molar-refractivity contribution < 1.29 is 13.2 Å². The first-order valence-corrected chi connectivity index (χ1v) is 10.3. The molecule has 0 saturated heterocycles. The van der Waals surface area contributed by atoms with Gasteiger partial charge in [-0.25, -0.2) is 17.4 Å². The van der Waals surface area contributed by atoms with E-state index in [4.69, 9.17) is 11.5 Å². The van der Waals surface area contributed by atoms with E-state index in [1.54, 1.807) is 48.7 Å². The zero-order valence-electron chi connectivity index (χ0n) is 15.3. The zero-order valence-corrected chi connectivity index (χ0v) is 16.1. The minimum atomic E-state index is -3.87. The van der Waals surface area contributed by atoms with Crippen molar-refractivity contribution in [2.24, 2.45) is 11.5 Å². The van der Waals surface area contributed by atoms with Crippen LogP contribution in [0.25, 0.3) is 22.2 Å². The summed E-state index contributed by atoms with van der Waals surface area (Å²) < 4.78 is 27.6. The first kappa shape index (κ1) is 18.9. The maximum atomic E-state index is 13.2. The minimum Gasteiger partial charge on any atom is -0.366 e. The predicted molar refractivity (Wildman–Crippen MR) is 111 cm³/mol. The van der Waals surface area contributed by atoms with Crippen LogP contribution in [0.3, 0.4) is 0 Å². The summed E-state index contributed by atoms with van der Waals surface area (Å²) in [5.41, 5.74) is 13.8. The summed E-state index contributed by atoms with van der Waals surface area (Å²) in [6.45, 7) is 0.264. The molecule has 0 unspecified atom stereocenters. The molecule has 1 amide bonds.